The third kappa shape index (κ3) is 3.65. The molecule has 1 aromatic rings. The van der Waals surface area contributed by atoms with E-state index < -0.39 is 0 Å². The molecule has 18 heavy (non-hydrogen) atoms. The molecule has 1 aliphatic rings. The lowest BCUT2D eigenvalue weighted by Crippen LogP contribution is -2.34. The smallest absolute Gasteiger partial charge is 0.156 e. The van der Waals surface area contributed by atoms with Crippen LogP contribution in [0.25, 0.3) is 0 Å². The number of nitrogens with zero attached hydrogens (tertiary/aromatic N) is 2. The van der Waals surface area contributed by atoms with Crippen molar-refractivity contribution in [2.45, 2.75) is 58.5 Å². The summed E-state index contributed by atoms with van der Waals surface area (Å²) < 4.78 is 11.5. The Morgan fingerprint density at radius 2 is 2.00 bits per heavy atom. The number of nitrogen functional groups attached to an aromatic ring is 1. The number of rotatable bonds is 3. The van der Waals surface area contributed by atoms with E-state index in [1.54, 1.807) is 6.07 Å². The highest BCUT2D eigenvalue weighted by atomic mass is 16.5. The molecule has 2 rings (SSSR count). The van der Waals surface area contributed by atoms with Crippen LogP contribution in [0.1, 0.15) is 38.2 Å². The summed E-state index contributed by atoms with van der Waals surface area (Å²) >= 11 is 0. The highest BCUT2D eigenvalue weighted by Gasteiger charge is 2.25. The predicted molar refractivity (Wildman–Crippen MR) is 69.0 cm³/mol. The summed E-state index contributed by atoms with van der Waals surface area (Å²) in [6.45, 7) is 6.47. The van der Waals surface area contributed by atoms with Gasteiger partial charge in [0.1, 0.15) is 12.4 Å². The zero-order valence-electron chi connectivity index (χ0n) is 11.2. The molecule has 2 heterocycles. The summed E-state index contributed by atoms with van der Waals surface area (Å²) in [6.07, 6.45) is 2.57. The van der Waals surface area contributed by atoms with Gasteiger partial charge in [-0.3, -0.25) is 0 Å². The van der Waals surface area contributed by atoms with Gasteiger partial charge in [-0.15, -0.1) is 0 Å². The van der Waals surface area contributed by atoms with Gasteiger partial charge in [-0.05, 0) is 33.6 Å². The lowest BCUT2D eigenvalue weighted by atomic mass is 10.0. The minimum Gasteiger partial charge on any atom is -0.384 e. The monoisotopic (exact) mass is 251 g/mol. The van der Waals surface area contributed by atoms with E-state index in [4.69, 9.17) is 15.2 Å². The first-order valence-corrected chi connectivity index (χ1v) is 6.40. The lowest BCUT2D eigenvalue weighted by molar-refractivity contribution is -0.107. The van der Waals surface area contributed by atoms with Crippen molar-refractivity contribution in [2.24, 2.45) is 0 Å². The first-order valence-electron chi connectivity index (χ1n) is 6.40. The molecular weight excluding hydrogens is 230 g/mol. The normalized spacial score (nSPS) is 28.3. The largest absolute Gasteiger partial charge is 0.384 e. The Labute approximate surface area is 108 Å². The fourth-order valence-electron chi connectivity index (χ4n) is 2.39. The van der Waals surface area contributed by atoms with E-state index in [1.165, 1.54) is 0 Å². The number of hydrogen-bond acceptors (Lipinski definition) is 5. The topological polar surface area (TPSA) is 70.3 Å². The molecular formula is C13H21N3O2. The maximum Gasteiger partial charge on any atom is 0.156 e. The SMILES string of the molecule is Cc1cc(N)nc(COC2CC(C)OC(C)C2)n1. The van der Waals surface area contributed by atoms with E-state index >= 15 is 0 Å². The van der Waals surface area contributed by atoms with Gasteiger partial charge in [0, 0.05) is 11.8 Å². The van der Waals surface area contributed by atoms with E-state index in [1.807, 2.05) is 6.92 Å². The van der Waals surface area contributed by atoms with Gasteiger partial charge in [-0.2, -0.15) is 0 Å². The molecule has 0 amide bonds. The molecule has 5 nitrogen and oxygen atoms in total. The molecule has 2 atom stereocenters. The Bertz CT molecular complexity index is 381. The molecule has 1 aromatic heterocycles. The number of ether oxygens (including phenoxy) is 2. The molecule has 0 radical (unpaired) electrons. The maximum absolute atomic E-state index is 5.86. The van der Waals surface area contributed by atoms with E-state index in [-0.39, 0.29) is 18.3 Å². The Kier molecular flexibility index (Phi) is 4.14. The minimum atomic E-state index is 0.217. The molecule has 0 aromatic carbocycles. The van der Waals surface area contributed by atoms with Gasteiger partial charge < -0.3 is 15.2 Å². The summed E-state index contributed by atoms with van der Waals surface area (Å²) in [7, 11) is 0. The maximum atomic E-state index is 5.86. The Morgan fingerprint density at radius 1 is 1.33 bits per heavy atom. The highest BCUT2D eigenvalue weighted by molar-refractivity contribution is 5.28. The second kappa shape index (κ2) is 5.63. The first-order chi connectivity index (χ1) is 8.52. The van der Waals surface area contributed by atoms with Crippen LogP contribution in [-0.4, -0.2) is 28.3 Å². The van der Waals surface area contributed by atoms with E-state index in [0.717, 1.165) is 18.5 Å². The second-order valence-corrected chi connectivity index (χ2v) is 5.01. The quantitative estimate of drug-likeness (QED) is 0.887. The van der Waals surface area contributed by atoms with Crippen molar-refractivity contribution in [1.29, 1.82) is 0 Å². The van der Waals surface area contributed by atoms with Crippen molar-refractivity contribution >= 4 is 5.82 Å². The number of aryl methyl sites for hydroxylation is 1. The zero-order chi connectivity index (χ0) is 13.1. The van der Waals surface area contributed by atoms with Crippen LogP contribution < -0.4 is 5.73 Å². The van der Waals surface area contributed by atoms with Gasteiger partial charge >= 0.3 is 0 Å². The predicted octanol–water partition coefficient (Wildman–Crippen LogP) is 1.84. The Balaban J connectivity index is 1.90. The fourth-order valence-corrected chi connectivity index (χ4v) is 2.39. The summed E-state index contributed by atoms with van der Waals surface area (Å²) in [4.78, 5) is 8.48. The van der Waals surface area contributed by atoms with Crippen molar-refractivity contribution in [3.63, 3.8) is 0 Å². The van der Waals surface area contributed by atoms with Gasteiger partial charge in [0.05, 0.1) is 18.3 Å². The average Bonchev–Trinajstić information content (AvgIpc) is 2.23. The molecule has 0 bridgehead atoms. The Morgan fingerprint density at radius 3 is 2.61 bits per heavy atom. The van der Waals surface area contributed by atoms with Crippen LogP contribution >= 0.6 is 0 Å². The molecule has 2 unspecified atom stereocenters. The van der Waals surface area contributed by atoms with Crippen LogP contribution in [0.4, 0.5) is 5.82 Å². The minimum absolute atomic E-state index is 0.217. The van der Waals surface area contributed by atoms with Crippen molar-refractivity contribution in [2.75, 3.05) is 5.73 Å². The molecule has 0 aliphatic carbocycles. The molecule has 1 fully saturated rings. The molecule has 0 saturated carbocycles. The average molecular weight is 251 g/mol. The lowest BCUT2D eigenvalue weighted by Gasteiger charge is -2.31. The van der Waals surface area contributed by atoms with E-state index in [2.05, 4.69) is 23.8 Å². The van der Waals surface area contributed by atoms with E-state index in [9.17, 15) is 0 Å². The molecule has 5 heteroatoms. The summed E-state index contributed by atoms with van der Waals surface area (Å²) in [5.41, 5.74) is 6.56. The number of anilines is 1. The van der Waals surface area contributed by atoms with Crippen LogP contribution in [0.3, 0.4) is 0 Å². The first kappa shape index (κ1) is 13.2. The van der Waals surface area contributed by atoms with Gasteiger partial charge in [0.25, 0.3) is 0 Å². The van der Waals surface area contributed by atoms with Crippen LogP contribution in [0, 0.1) is 6.92 Å². The summed E-state index contributed by atoms with van der Waals surface area (Å²) in [6, 6.07) is 1.75. The highest BCUT2D eigenvalue weighted by Crippen LogP contribution is 2.22. The molecule has 2 N–H and O–H groups in total. The number of aromatic nitrogens is 2. The Hall–Kier alpha value is -1.20. The number of nitrogens with two attached hydrogens (primary N) is 1. The van der Waals surface area contributed by atoms with Crippen molar-refractivity contribution in [1.82, 2.24) is 9.97 Å². The fraction of sp³-hybridized carbons (Fsp3) is 0.692. The van der Waals surface area contributed by atoms with Gasteiger partial charge in [-0.1, -0.05) is 0 Å². The summed E-state index contributed by atoms with van der Waals surface area (Å²) in [5.74, 6) is 1.15. The molecule has 1 aliphatic heterocycles. The summed E-state index contributed by atoms with van der Waals surface area (Å²) in [5, 5.41) is 0. The van der Waals surface area contributed by atoms with Crippen LogP contribution in [0.2, 0.25) is 0 Å². The molecule has 0 spiro atoms. The standard InChI is InChI=1S/C13H21N3O2/c1-8-4-12(14)16-13(15-8)7-17-11-5-9(2)18-10(3)6-11/h4,9-11H,5-7H2,1-3H3,(H2,14,15,16). The van der Waals surface area contributed by atoms with Crippen LogP contribution in [0.5, 0.6) is 0 Å². The third-order valence-corrected chi connectivity index (χ3v) is 3.02. The van der Waals surface area contributed by atoms with Crippen LogP contribution in [-0.2, 0) is 16.1 Å². The molecule has 100 valence electrons. The zero-order valence-corrected chi connectivity index (χ0v) is 11.2. The van der Waals surface area contributed by atoms with E-state index in [0.29, 0.717) is 18.2 Å². The van der Waals surface area contributed by atoms with Gasteiger partial charge in [0.2, 0.25) is 0 Å². The third-order valence-electron chi connectivity index (χ3n) is 3.02. The van der Waals surface area contributed by atoms with Crippen molar-refractivity contribution in [3.8, 4) is 0 Å². The van der Waals surface area contributed by atoms with Gasteiger partial charge in [-0.25, -0.2) is 9.97 Å². The second-order valence-electron chi connectivity index (χ2n) is 5.01. The molecule has 1 saturated heterocycles. The van der Waals surface area contributed by atoms with Gasteiger partial charge in [0.15, 0.2) is 5.82 Å². The van der Waals surface area contributed by atoms with Crippen molar-refractivity contribution < 1.29 is 9.47 Å². The van der Waals surface area contributed by atoms with Crippen molar-refractivity contribution in [3.05, 3.63) is 17.6 Å². The number of hydrogen-bond donors (Lipinski definition) is 1. The van der Waals surface area contributed by atoms with Crippen LogP contribution in [0.15, 0.2) is 6.07 Å².